The molecule has 5 nitrogen and oxygen atoms in total. The van der Waals surface area contributed by atoms with E-state index in [1.807, 2.05) is 18.9 Å². The third-order valence-corrected chi connectivity index (χ3v) is 4.35. The minimum atomic E-state index is -0.236. The van der Waals surface area contributed by atoms with Gasteiger partial charge >= 0.3 is 0 Å². The predicted molar refractivity (Wildman–Crippen MR) is 98.9 cm³/mol. The Bertz CT molecular complexity index is 567. The second-order valence-electron chi connectivity index (χ2n) is 6.52. The first-order valence-corrected chi connectivity index (χ1v) is 9.11. The molecular formula is C19H29FN4O. The molecule has 1 fully saturated rings. The minimum Gasteiger partial charge on any atom is -0.357 e. The van der Waals surface area contributed by atoms with Crippen molar-refractivity contribution in [3.8, 4) is 0 Å². The summed E-state index contributed by atoms with van der Waals surface area (Å²) < 4.78 is 13.0. The maximum Gasteiger partial charge on any atom is 0.222 e. The Morgan fingerprint density at radius 1 is 1.28 bits per heavy atom. The molecule has 1 amide bonds. The van der Waals surface area contributed by atoms with E-state index in [0.29, 0.717) is 25.6 Å². The van der Waals surface area contributed by atoms with Gasteiger partial charge in [-0.2, -0.15) is 0 Å². The number of carbonyl (C=O) groups is 1. The second-order valence-corrected chi connectivity index (χ2v) is 6.52. The Labute approximate surface area is 149 Å². The van der Waals surface area contributed by atoms with Crippen molar-refractivity contribution in [1.29, 1.82) is 0 Å². The van der Waals surface area contributed by atoms with Crippen LogP contribution in [0.4, 0.5) is 4.39 Å². The highest BCUT2D eigenvalue weighted by atomic mass is 19.1. The van der Waals surface area contributed by atoms with Crippen LogP contribution in [0.3, 0.4) is 0 Å². The van der Waals surface area contributed by atoms with Gasteiger partial charge in [-0.15, -0.1) is 0 Å². The van der Waals surface area contributed by atoms with Crippen molar-refractivity contribution < 1.29 is 9.18 Å². The topological polar surface area (TPSA) is 56.7 Å². The molecule has 0 aromatic heterocycles. The second kappa shape index (κ2) is 10.0. The first-order chi connectivity index (χ1) is 12.1. The Hall–Kier alpha value is -2.11. The van der Waals surface area contributed by atoms with Gasteiger partial charge in [-0.3, -0.25) is 9.79 Å². The fourth-order valence-electron chi connectivity index (χ4n) is 3.04. The highest BCUT2D eigenvalue weighted by molar-refractivity contribution is 5.80. The van der Waals surface area contributed by atoms with Gasteiger partial charge in [-0.1, -0.05) is 25.0 Å². The van der Waals surface area contributed by atoms with E-state index >= 15 is 0 Å². The van der Waals surface area contributed by atoms with E-state index in [4.69, 9.17) is 0 Å². The number of carbonyl (C=O) groups excluding carboxylic acids is 1. The first kappa shape index (κ1) is 19.2. The van der Waals surface area contributed by atoms with Gasteiger partial charge in [0.05, 0.1) is 6.54 Å². The zero-order valence-electron chi connectivity index (χ0n) is 15.2. The molecular weight excluding hydrogens is 319 g/mol. The quantitative estimate of drug-likeness (QED) is 0.588. The van der Waals surface area contributed by atoms with Crippen molar-refractivity contribution in [2.75, 3.05) is 20.1 Å². The van der Waals surface area contributed by atoms with Crippen LogP contribution in [0, 0.1) is 5.82 Å². The largest absolute Gasteiger partial charge is 0.357 e. The number of amides is 1. The first-order valence-electron chi connectivity index (χ1n) is 9.11. The van der Waals surface area contributed by atoms with Crippen molar-refractivity contribution >= 4 is 11.9 Å². The summed E-state index contributed by atoms with van der Waals surface area (Å²) >= 11 is 0. The molecule has 0 heterocycles. The summed E-state index contributed by atoms with van der Waals surface area (Å²) in [5.74, 6) is 0.591. The third kappa shape index (κ3) is 6.72. The van der Waals surface area contributed by atoms with E-state index in [9.17, 15) is 9.18 Å². The van der Waals surface area contributed by atoms with Crippen LogP contribution in [0.5, 0.6) is 0 Å². The average Bonchev–Trinajstić information content (AvgIpc) is 3.09. The molecule has 138 valence electrons. The standard InChI is InChI=1S/C19H29FN4O/c1-3-21-19(24(2)14-15-8-10-16(20)11-9-15)22-13-12-18(25)23-17-6-4-5-7-17/h8-11,17H,3-7,12-14H2,1-2H3,(H,21,22)(H,23,25). The zero-order valence-corrected chi connectivity index (χ0v) is 15.2. The van der Waals surface area contributed by atoms with Crippen LogP contribution in [-0.2, 0) is 11.3 Å². The van der Waals surface area contributed by atoms with Crippen LogP contribution in [0.1, 0.15) is 44.6 Å². The molecule has 2 N–H and O–H groups in total. The summed E-state index contributed by atoms with van der Waals surface area (Å²) in [7, 11) is 1.93. The summed E-state index contributed by atoms with van der Waals surface area (Å²) in [6.07, 6.45) is 5.01. The van der Waals surface area contributed by atoms with Gasteiger partial charge in [-0.05, 0) is 37.5 Å². The summed E-state index contributed by atoms with van der Waals surface area (Å²) in [5, 5.41) is 6.31. The molecule has 0 radical (unpaired) electrons. The molecule has 1 saturated carbocycles. The number of aliphatic imine (C=N–C) groups is 1. The van der Waals surface area contributed by atoms with E-state index < -0.39 is 0 Å². The maximum atomic E-state index is 13.0. The van der Waals surface area contributed by atoms with Gasteiger partial charge in [0.25, 0.3) is 0 Å². The lowest BCUT2D eigenvalue weighted by molar-refractivity contribution is -0.121. The van der Waals surface area contributed by atoms with Crippen LogP contribution < -0.4 is 10.6 Å². The number of nitrogens with one attached hydrogen (secondary N) is 2. The van der Waals surface area contributed by atoms with E-state index in [1.165, 1.54) is 25.0 Å². The Morgan fingerprint density at radius 2 is 1.96 bits per heavy atom. The van der Waals surface area contributed by atoms with Crippen molar-refractivity contribution in [3.05, 3.63) is 35.6 Å². The maximum absolute atomic E-state index is 13.0. The molecule has 1 aliphatic carbocycles. The molecule has 0 atom stereocenters. The van der Waals surface area contributed by atoms with Gasteiger partial charge in [0.1, 0.15) is 5.82 Å². The van der Waals surface area contributed by atoms with Gasteiger partial charge < -0.3 is 15.5 Å². The molecule has 25 heavy (non-hydrogen) atoms. The van der Waals surface area contributed by atoms with E-state index in [2.05, 4.69) is 15.6 Å². The number of halogens is 1. The van der Waals surface area contributed by atoms with E-state index in [0.717, 1.165) is 30.9 Å². The molecule has 0 spiro atoms. The lowest BCUT2D eigenvalue weighted by Gasteiger charge is -2.22. The normalized spacial score (nSPS) is 15.2. The average molecular weight is 348 g/mol. The van der Waals surface area contributed by atoms with Crippen molar-refractivity contribution in [3.63, 3.8) is 0 Å². The van der Waals surface area contributed by atoms with Crippen LogP contribution in [0.15, 0.2) is 29.3 Å². The molecule has 1 aromatic carbocycles. The molecule has 0 saturated heterocycles. The SMILES string of the molecule is CCNC(=NCCC(=O)NC1CCCC1)N(C)Cc1ccc(F)cc1. The highest BCUT2D eigenvalue weighted by Crippen LogP contribution is 2.17. The van der Waals surface area contributed by atoms with Crippen molar-refractivity contribution in [2.45, 2.75) is 51.6 Å². The lowest BCUT2D eigenvalue weighted by Crippen LogP contribution is -2.39. The number of hydrogen-bond acceptors (Lipinski definition) is 2. The minimum absolute atomic E-state index is 0.0766. The van der Waals surface area contributed by atoms with Crippen LogP contribution in [0.25, 0.3) is 0 Å². The Balaban J connectivity index is 1.83. The van der Waals surface area contributed by atoms with Crippen LogP contribution in [0.2, 0.25) is 0 Å². The monoisotopic (exact) mass is 348 g/mol. The predicted octanol–water partition coefficient (Wildman–Crippen LogP) is 2.67. The molecule has 0 unspecified atom stereocenters. The Morgan fingerprint density at radius 3 is 2.60 bits per heavy atom. The van der Waals surface area contributed by atoms with Crippen LogP contribution >= 0.6 is 0 Å². The van der Waals surface area contributed by atoms with Crippen molar-refractivity contribution in [1.82, 2.24) is 15.5 Å². The van der Waals surface area contributed by atoms with Gasteiger partial charge in [0.15, 0.2) is 5.96 Å². The highest BCUT2D eigenvalue weighted by Gasteiger charge is 2.16. The van der Waals surface area contributed by atoms with Gasteiger partial charge in [0, 0.05) is 32.6 Å². The molecule has 0 bridgehead atoms. The summed E-state index contributed by atoms with van der Waals surface area (Å²) in [5.41, 5.74) is 1.01. The third-order valence-electron chi connectivity index (χ3n) is 4.35. The lowest BCUT2D eigenvalue weighted by atomic mass is 10.2. The summed E-state index contributed by atoms with van der Waals surface area (Å²) in [6.45, 7) is 3.84. The molecule has 1 aromatic rings. The summed E-state index contributed by atoms with van der Waals surface area (Å²) in [4.78, 5) is 18.5. The van der Waals surface area contributed by atoms with Crippen molar-refractivity contribution in [2.24, 2.45) is 4.99 Å². The van der Waals surface area contributed by atoms with Gasteiger partial charge in [-0.25, -0.2) is 4.39 Å². The van der Waals surface area contributed by atoms with E-state index in [-0.39, 0.29) is 11.7 Å². The fraction of sp³-hybridized carbons (Fsp3) is 0.579. The number of guanidine groups is 1. The number of nitrogens with zero attached hydrogens (tertiary/aromatic N) is 2. The number of rotatable bonds is 7. The smallest absolute Gasteiger partial charge is 0.222 e. The summed E-state index contributed by atoms with van der Waals surface area (Å²) in [6, 6.07) is 6.81. The number of benzene rings is 1. The molecule has 6 heteroatoms. The zero-order chi connectivity index (χ0) is 18.1. The molecule has 0 aliphatic heterocycles. The number of hydrogen-bond donors (Lipinski definition) is 2. The fourth-order valence-corrected chi connectivity index (χ4v) is 3.04. The molecule has 1 aliphatic rings. The van der Waals surface area contributed by atoms with Crippen LogP contribution in [-0.4, -0.2) is 42.9 Å². The Kier molecular flexibility index (Phi) is 7.70. The molecule has 2 rings (SSSR count). The van der Waals surface area contributed by atoms with Gasteiger partial charge in [0.2, 0.25) is 5.91 Å². The van der Waals surface area contributed by atoms with E-state index in [1.54, 1.807) is 12.1 Å².